The van der Waals surface area contributed by atoms with E-state index in [9.17, 15) is 0 Å². The molecule has 4 heteroatoms. The van der Waals surface area contributed by atoms with Gasteiger partial charge in [0.15, 0.2) is 0 Å². The van der Waals surface area contributed by atoms with E-state index < -0.39 is 8.07 Å². The van der Waals surface area contributed by atoms with Crippen molar-refractivity contribution in [3.63, 3.8) is 0 Å². The van der Waals surface area contributed by atoms with Crippen LogP contribution in [0, 0.1) is 11.5 Å². The van der Waals surface area contributed by atoms with E-state index in [2.05, 4.69) is 84.3 Å². The van der Waals surface area contributed by atoms with Gasteiger partial charge in [0.1, 0.15) is 0 Å². The zero-order valence-corrected chi connectivity index (χ0v) is 19.2. The summed E-state index contributed by atoms with van der Waals surface area (Å²) in [5.41, 5.74) is 4.28. The van der Waals surface area contributed by atoms with Crippen molar-refractivity contribution in [1.82, 2.24) is 0 Å². The maximum atomic E-state index is 6.45. The molecule has 0 amide bonds. The molecule has 0 aromatic heterocycles. The minimum atomic E-state index is -2.68. The Bertz CT molecular complexity index is 1090. The van der Waals surface area contributed by atoms with Crippen LogP contribution in [-0.2, 0) is 0 Å². The first kappa shape index (κ1) is 20.8. The third-order valence-corrected chi connectivity index (χ3v) is 9.91. The Kier molecular flexibility index (Phi) is 6.32. The number of benzene rings is 4. The van der Waals surface area contributed by atoms with E-state index in [1.54, 1.807) is 12.1 Å². The van der Waals surface area contributed by atoms with E-state index in [1.165, 1.54) is 15.6 Å². The van der Waals surface area contributed by atoms with Crippen LogP contribution in [0.3, 0.4) is 0 Å². The van der Waals surface area contributed by atoms with Crippen LogP contribution in [0.5, 0.6) is 0 Å². The molecule has 0 saturated heterocycles. The van der Waals surface area contributed by atoms with Gasteiger partial charge in [0, 0.05) is 5.02 Å². The smallest absolute Gasteiger partial charge is 0.109 e. The molecule has 0 heterocycles. The summed E-state index contributed by atoms with van der Waals surface area (Å²) in [7, 11) is -2.68. The molecule has 146 valence electrons. The highest BCUT2D eigenvalue weighted by Gasteiger charge is 2.38. The zero-order valence-electron chi connectivity index (χ0n) is 15.9. The second kappa shape index (κ2) is 9.12. The fourth-order valence-electron chi connectivity index (χ4n) is 3.60. The molecule has 0 fully saturated rings. The van der Waals surface area contributed by atoms with Gasteiger partial charge in [-0.2, -0.15) is 0 Å². The largest absolute Gasteiger partial charge is 0.230 e. The standard InChI is InChI=1S/C26H17Cl3Si/c27-20-18-25(28)24(26(29)19-20)16-17-30(21-10-4-1-5-11-21,22-12-6-2-7-13-22)23-14-8-3-9-15-23/h1-15,18-19H. The van der Waals surface area contributed by atoms with E-state index in [4.69, 9.17) is 34.8 Å². The molecule has 0 spiro atoms. The first-order valence-electron chi connectivity index (χ1n) is 9.45. The van der Waals surface area contributed by atoms with Gasteiger partial charge in [0.25, 0.3) is 0 Å². The number of hydrogen-bond acceptors (Lipinski definition) is 0. The van der Waals surface area contributed by atoms with E-state index in [1.807, 2.05) is 18.2 Å². The minimum absolute atomic E-state index is 0.456. The number of hydrogen-bond donors (Lipinski definition) is 0. The first-order valence-corrected chi connectivity index (χ1v) is 12.6. The lowest BCUT2D eigenvalue weighted by Crippen LogP contribution is -2.66. The van der Waals surface area contributed by atoms with Crippen LogP contribution in [0.2, 0.25) is 15.1 Å². The van der Waals surface area contributed by atoms with Crippen molar-refractivity contribution >= 4 is 58.4 Å². The highest BCUT2D eigenvalue weighted by Crippen LogP contribution is 2.28. The van der Waals surface area contributed by atoms with Gasteiger partial charge >= 0.3 is 0 Å². The van der Waals surface area contributed by atoms with Crippen LogP contribution >= 0.6 is 34.8 Å². The molecule has 0 atom stereocenters. The van der Waals surface area contributed by atoms with Crippen LogP contribution in [-0.4, -0.2) is 8.07 Å². The topological polar surface area (TPSA) is 0 Å². The Morgan fingerprint density at radius 2 is 0.900 bits per heavy atom. The molecule has 0 saturated carbocycles. The highest BCUT2D eigenvalue weighted by atomic mass is 35.5. The molecule has 0 aliphatic carbocycles. The van der Waals surface area contributed by atoms with Crippen molar-refractivity contribution in [2.75, 3.05) is 0 Å². The number of halogens is 3. The molecule has 4 rings (SSSR count). The zero-order chi connectivity index (χ0) is 21.0. The van der Waals surface area contributed by atoms with E-state index >= 15 is 0 Å². The van der Waals surface area contributed by atoms with Crippen molar-refractivity contribution in [3.05, 3.63) is 124 Å². The average Bonchev–Trinajstić information content (AvgIpc) is 2.78. The van der Waals surface area contributed by atoms with E-state index in [-0.39, 0.29) is 0 Å². The predicted octanol–water partition coefficient (Wildman–Crippen LogP) is 5.71. The van der Waals surface area contributed by atoms with Gasteiger partial charge in [-0.15, -0.1) is 5.54 Å². The summed E-state index contributed by atoms with van der Waals surface area (Å²) >= 11 is 19.0. The summed E-state index contributed by atoms with van der Waals surface area (Å²) in [5.74, 6) is 3.33. The number of rotatable bonds is 3. The van der Waals surface area contributed by atoms with Crippen LogP contribution in [0.4, 0.5) is 0 Å². The summed E-state index contributed by atoms with van der Waals surface area (Å²) in [6, 6.07) is 34.8. The van der Waals surface area contributed by atoms with Crippen molar-refractivity contribution in [2.24, 2.45) is 0 Å². The lowest BCUT2D eigenvalue weighted by atomic mass is 10.2. The molecule has 0 N–H and O–H groups in total. The Morgan fingerprint density at radius 3 is 1.27 bits per heavy atom. The molecule has 0 bridgehead atoms. The molecule has 0 nitrogen and oxygen atoms in total. The quantitative estimate of drug-likeness (QED) is 0.207. The van der Waals surface area contributed by atoms with E-state index in [0.717, 1.165) is 0 Å². The van der Waals surface area contributed by atoms with Gasteiger partial charge in [0.05, 0.1) is 15.6 Å². The molecule has 0 radical (unpaired) electrons. The fraction of sp³-hybridized carbons (Fsp3) is 0. The third kappa shape index (κ3) is 4.06. The Morgan fingerprint density at radius 1 is 0.533 bits per heavy atom. The summed E-state index contributed by atoms with van der Waals surface area (Å²) in [6.45, 7) is 0. The van der Waals surface area contributed by atoms with Gasteiger partial charge < -0.3 is 0 Å². The summed E-state index contributed by atoms with van der Waals surface area (Å²) in [6.07, 6.45) is 0. The van der Waals surface area contributed by atoms with Gasteiger partial charge in [-0.25, -0.2) is 0 Å². The van der Waals surface area contributed by atoms with Gasteiger partial charge in [-0.05, 0) is 27.7 Å². The SMILES string of the molecule is Clc1cc(Cl)c(C#C[Si](c2ccccc2)(c2ccccc2)c2ccccc2)c(Cl)c1. The lowest BCUT2D eigenvalue weighted by molar-refractivity contribution is 1.64. The second-order valence-corrected chi connectivity index (χ2v) is 11.6. The average molecular weight is 464 g/mol. The van der Waals surface area contributed by atoms with E-state index in [0.29, 0.717) is 20.6 Å². The van der Waals surface area contributed by atoms with Crippen molar-refractivity contribution < 1.29 is 0 Å². The maximum Gasteiger partial charge on any atom is 0.230 e. The van der Waals surface area contributed by atoms with Crippen LogP contribution in [0.15, 0.2) is 103 Å². The molecule has 0 aliphatic heterocycles. The Balaban J connectivity index is 2.05. The molecule has 4 aromatic carbocycles. The molecule has 0 aliphatic rings. The predicted molar refractivity (Wildman–Crippen MR) is 132 cm³/mol. The monoisotopic (exact) mass is 462 g/mol. The first-order chi connectivity index (χ1) is 14.6. The minimum Gasteiger partial charge on any atom is -0.109 e. The van der Waals surface area contributed by atoms with Gasteiger partial charge in [-0.3, -0.25) is 0 Å². The summed E-state index contributed by atoms with van der Waals surface area (Å²) < 4.78 is 0. The Labute approximate surface area is 193 Å². The molecule has 0 unspecified atom stereocenters. The Hall–Kier alpha value is -2.47. The lowest BCUT2D eigenvalue weighted by Gasteiger charge is -2.28. The van der Waals surface area contributed by atoms with Crippen LogP contribution in [0.1, 0.15) is 5.56 Å². The molecular formula is C26H17Cl3Si. The summed E-state index contributed by atoms with van der Waals surface area (Å²) in [4.78, 5) is 0. The molecular weight excluding hydrogens is 447 g/mol. The van der Waals surface area contributed by atoms with Crippen LogP contribution < -0.4 is 15.6 Å². The van der Waals surface area contributed by atoms with Crippen molar-refractivity contribution in [2.45, 2.75) is 0 Å². The van der Waals surface area contributed by atoms with Crippen molar-refractivity contribution in [3.8, 4) is 11.5 Å². The second-order valence-electron chi connectivity index (χ2n) is 6.84. The third-order valence-electron chi connectivity index (χ3n) is 5.00. The fourth-order valence-corrected chi connectivity index (χ4v) is 8.33. The van der Waals surface area contributed by atoms with Gasteiger partial charge in [-0.1, -0.05) is 132 Å². The highest BCUT2D eigenvalue weighted by molar-refractivity contribution is 7.16. The maximum absolute atomic E-state index is 6.45. The molecule has 4 aromatic rings. The molecule has 30 heavy (non-hydrogen) atoms. The van der Waals surface area contributed by atoms with Crippen LogP contribution in [0.25, 0.3) is 0 Å². The van der Waals surface area contributed by atoms with Crippen molar-refractivity contribution in [1.29, 1.82) is 0 Å². The van der Waals surface area contributed by atoms with Gasteiger partial charge in [0.2, 0.25) is 8.07 Å². The summed E-state index contributed by atoms with van der Waals surface area (Å²) in [5, 5.41) is 5.02. The normalized spacial score (nSPS) is 10.9.